The van der Waals surface area contributed by atoms with E-state index in [9.17, 15) is 13.2 Å². The number of benzene rings is 2. The van der Waals surface area contributed by atoms with Crippen LogP contribution in [-0.4, -0.2) is 33.2 Å². The molecule has 1 aliphatic heterocycles. The molecular formula is C18H19NO4S. The lowest BCUT2D eigenvalue weighted by Crippen LogP contribution is -2.42. The van der Waals surface area contributed by atoms with Crippen molar-refractivity contribution in [3.63, 3.8) is 0 Å². The van der Waals surface area contributed by atoms with Gasteiger partial charge in [0.2, 0.25) is 0 Å². The zero-order chi connectivity index (χ0) is 17.3. The molecule has 2 aromatic rings. The van der Waals surface area contributed by atoms with Crippen LogP contribution >= 0.6 is 0 Å². The summed E-state index contributed by atoms with van der Waals surface area (Å²) in [6.07, 6.45) is 1.82. The summed E-state index contributed by atoms with van der Waals surface area (Å²) in [4.78, 5) is 12.7. The Bertz CT molecular complexity index is 890. The zero-order valence-electron chi connectivity index (χ0n) is 13.6. The summed E-state index contributed by atoms with van der Waals surface area (Å²) in [7, 11) is -3.35. The summed E-state index contributed by atoms with van der Waals surface area (Å²) in [6.45, 7) is 2.18. The highest BCUT2D eigenvalue weighted by atomic mass is 32.2. The molecular weight excluding hydrogens is 326 g/mol. The maximum atomic E-state index is 12.6. The van der Waals surface area contributed by atoms with Crippen LogP contribution in [0.2, 0.25) is 0 Å². The Labute approximate surface area is 141 Å². The Morgan fingerprint density at radius 3 is 2.71 bits per heavy atom. The molecule has 1 atom stereocenters. The van der Waals surface area contributed by atoms with Gasteiger partial charge in [0.05, 0.1) is 10.9 Å². The predicted octanol–water partition coefficient (Wildman–Crippen LogP) is 2.13. The van der Waals surface area contributed by atoms with Gasteiger partial charge in [-0.05, 0) is 42.7 Å². The van der Waals surface area contributed by atoms with E-state index in [0.29, 0.717) is 18.6 Å². The molecule has 0 aliphatic carbocycles. The molecule has 0 saturated heterocycles. The summed E-state index contributed by atoms with van der Waals surface area (Å²) in [5.41, 5.74) is 2.16. The lowest BCUT2D eigenvalue weighted by Gasteiger charge is -2.26. The van der Waals surface area contributed by atoms with Crippen molar-refractivity contribution in [2.24, 2.45) is 0 Å². The first kappa shape index (κ1) is 16.5. The van der Waals surface area contributed by atoms with E-state index in [4.69, 9.17) is 4.74 Å². The monoisotopic (exact) mass is 345 g/mol. The second-order valence-electron chi connectivity index (χ2n) is 6.04. The molecule has 6 heteroatoms. The van der Waals surface area contributed by atoms with Gasteiger partial charge in [0, 0.05) is 11.8 Å². The molecule has 5 nitrogen and oxygen atoms in total. The molecule has 0 saturated carbocycles. The second-order valence-corrected chi connectivity index (χ2v) is 8.06. The van der Waals surface area contributed by atoms with Crippen molar-refractivity contribution in [1.82, 2.24) is 5.32 Å². The topological polar surface area (TPSA) is 72.5 Å². The maximum Gasteiger partial charge on any atom is 0.251 e. The fraction of sp³-hybridized carbons (Fsp3) is 0.278. The van der Waals surface area contributed by atoms with E-state index in [0.717, 1.165) is 23.1 Å². The number of fused-ring (bicyclic) bond motifs is 1. The molecule has 2 aromatic carbocycles. The SMILES string of the molecule is Cc1ccc(S(C)(=O)=O)cc1C(=O)NC1COc2ccccc2C1. The lowest BCUT2D eigenvalue weighted by molar-refractivity contribution is 0.0914. The highest BCUT2D eigenvalue weighted by Gasteiger charge is 2.23. The number of sulfone groups is 1. The third-order valence-electron chi connectivity index (χ3n) is 4.10. The minimum Gasteiger partial charge on any atom is -0.491 e. The van der Waals surface area contributed by atoms with E-state index in [1.807, 2.05) is 24.3 Å². The Hall–Kier alpha value is -2.34. The summed E-state index contributed by atoms with van der Waals surface area (Å²) in [5, 5.41) is 2.94. The van der Waals surface area contributed by atoms with Gasteiger partial charge >= 0.3 is 0 Å². The normalized spacial score (nSPS) is 16.8. The van der Waals surface area contributed by atoms with Crippen molar-refractivity contribution < 1.29 is 17.9 Å². The standard InChI is InChI=1S/C18H19NO4S/c1-12-7-8-15(24(2,21)22)10-16(12)18(20)19-14-9-13-5-3-4-6-17(13)23-11-14/h3-8,10,14H,9,11H2,1-2H3,(H,19,20). The number of nitrogens with one attached hydrogen (secondary N) is 1. The minimum atomic E-state index is -3.35. The Morgan fingerprint density at radius 1 is 1.21 bits per heavy atom. The van der Waals surface area contributed by atoms with Crippen molar-refractivity contribution in [3.05, 3.63) is 59.2 Å². The van der Waals surface area contributed by atoms with E-state index in [2.05, 4.69) is 5.32 Å². The van der Waals surface area contributed by atoms with Gasteiger partial charge in [0.1, 0.15) is 12.4 Å². The maximum absolute atomic E-state index is 12.6. The van der Waals surface area contributed by atoms with Gasteiger partial charge in [-0.3, -0.25) is 4.79 Å². The third-order valence-corrected chi connectivity index (χ3v) is 5.21. The number of para-hydroxylation sites is 1. The molecule has 0 spiro atoms. The molecule has 126 valence electrons. The van der Waals surface area contributed by atoms with E-state index < -0.39 is 9.84 Å². The highest BCUT2D eigenvalue weighted by molar-refractivity contribution is 7.90. The van der Waals surface area contributed by atoms with Gasteiger partial charge < -0.3 is 10.1 Å². The third kappa shape index (κ3) is 3.43. The average Bonchev–Trinajstić information content (AvgIpc) is 2.54. The molecule has 0 aromatic heterocycles. The largest absolute Gasteiger partial charge is 0.491 e. The smallest absolute Gasteiger partial charge is 0.251 e. The van der Waals surface area contributed by atoms with Gasteiger partial charge in [0.25, 0.3) is 5.91 Å². The fourth-order valence-electron chi connectivity index (χ4n) is 2.76. The molecule has 1 N–H and O–H groups in total. The number of carbonyl (C=O) groups excluding carboxylic acids is 1. The molecule has 1 heterocycles. The number of carbonyl (C=O) groups is 1. The van der Waals surface area contributed by atoms with Gasteiger partial charge in [-0.15, -0.1) is 0 Å². The van der Waals surface area contributed by atoms with Crippen LogP contribution in [0.15, 0.2) is 47.4 Å². The van der Waals surface area contributed by atoms with Crippen LogP contribution in [0.4, 0.5) is 0 Å². The number of hydrogen-bond donors (Lipinski definition) is 1. The number of rotatable bonds is 3. The Kier molecular flexibility index (Phi) is 4.32. The first-order valence-electron chi connectivity index (χ1n) is 7.67. The average molecular weight is 345 g/mol. The van der Waals surface area contributed by atoms with Crippen molar-refractivity contribution in [2.45, 2.75) is 24.3 Å². The van der Waals surface area contributed by atoms with Crippen LogP contribution in [-0.2, 0) is 16.3 Å². The first-order valence-corrected chi connectivity index (χ1v) is 9.56. The molecule has 0 radical (unpaired) electrons. The van der Waals surface area contributed by atoms with E-state index in [1.165, 1.54) is 12.1 Å². The van der Waals surface area contributed by atoms with Crippen LogP contribution in [0.1, 0.15) is 21.5 Å². The number of hydrogen-bond acceptors (Lipinski definition) is 4. The van der Waals surface area contributed by atoms with E-state index >= 15 is 0 Å². The summed E-state index contributed by atoms with van der Waals surface area (Å²) in [6, 6.07) is 12.2. The first-order chi connectivity index (χ1) is 11.3. The van der Waals surface area contributed by atoms with Crippen molar-refractivity contribution in [2.75, 3.05) is 12.9 Å². The fourth-order valence-corrected chi connectivity index (χ4v) is 3.41. The minimum absolute atomic E-state index is 0.142. The molecule has 1 aliphatic rings. The van der Waals surface area contributed by atoms with Gasteiger partial charge in [-0.25, -0.2) is 8.42 Å². The van der Waals surface area contributed by atoms with E-state index in [1.54, 1.807) is 13.0 Å². The number of amides is 1. The molecule has 1 unspecified atom stereocenters. The molecule has 0 fully saturated rings. The molecule has 3 rings (SSSR count). The van der Waals surface area contributed by atoms with Gasteiger partial charge in [-0.1, -0.05) is 24.3 Å². The summed E-state index contributed by atoms with van der Waals surface area (Å²) >= 11 is 0. The van der Waals surface area contributed by atoms with Crippen LogP contribution in [0, 0.1) is 6.92 Å². The summed E-state index contributed by atoms with van der Waals surface area (Å²) in [5.74, 6) is 0.559. The van der Waals surface area contributed by atoms with E-state index in [-0.39, 0.29) is 16.8 Å². The number of aryl methyl sites for hydroxylation is 1. The number of ether oxygens (including phenoxy) is 1. The van der Waals surface area contributed by atoms with Gasteiger partial charge in [0.15, 0.2) is 9.84 Å². The van der Waals surface area contributed by atoms with Crippen molar-refractivity contribution in [1.29, 1.82) is 0 Å². The Morgan fingerprint density at radius 2 is 1.96 bits per heavy atom. The van der Waals surface area contributed by atoms with Crippen LogP contribution in [0.25, 0.3) is 0 Å². The van der Waals surface area contributed by atoms with Gasteiger partial charge in [-0.2, -0.15) is 0 Å². The van der Waals surface area contributed by atoms with Crippen LogP contribution in [0.5, 0.6) is 5.75 Å². The summed E-state index contributed by atoms with van der Waals surface area (Å²) < 4.78 is 29.1. The predicted molar refractivity (Wildman–Crippen MR) is 91.2 cm³/mol. The Balaban J connectivity index is 1.79. The molecule has 1 amide bonds. The molecule has 24 heavy (non-hydrogen) atoms. The quantitative estimate of drug-likeness (QED) is 0.925. The van der Waals surface area contributed by atoms with Crippen molar-refractivity contribution >= 4 is 15.7 Å². The highest BCUT2D eigenvalue weighted by Crippen LogP contribution is 2.24. The lowest BCUT2D eigenvalue weighted by atomic mass is 10.0. The van der Waals surface area contributed by atoms with Crippen molar-refractivity contribution in [3.8, 4) is 5.75 Å². The molecule has 0 bridgehead atoms. The van der Waals surface area contributed by atoms with Crippen LogP contribution in [0.3, 0.4) is 0 Å². The van der Waals surface area contributed by atoms with Crippen LogP contribution < -0.4 is 10.1 Å². The second kappa shape index (κ2) is 6.28. The zero-order valence-corrected chi connectivity index (χ0v) is 14.4.